The lowest BCUT2D eigenvalue weighted by Crippen LogP contribution is -2.20. The number of halogens is 3. The maximum Gasteiger partial charge on any atom is 0.411 e. The molecule has 2 aromatic rings. The number of anilines is 1. The molecule has 0 radical (unpaired) electrons. The predicted octanol–water partition coefficient (Wildman–Crippen LogP) is 2.99. The summed E-state index contributed by atoms with van der Waals surface area (Å²) in [5.74, 6) is 0.616. The molecular formula is C11H12F3N3OS. The van der Waals surface area contributed by atoms with Crippen LogP contribution in [0.4, 0.5) is 19.0 Å². The van der Waals surface area contributed by atoms with Crippen molar-refractivity contribution < 1.29 is 17.9 Å². The number of thiophene rings is 1. The Hall–Kier alpha value is -1.41. The molecular weight excluding hydrogens is 279 g/mol. The molecule has 0 aliphatic carbocycles. The summed E-state index contributed by atoms with van der Waals surface area (Å²) in [6, 6.07) is 1.94. The number of aromatic nitrogens is 2. The van der Waals surface area contributed by atoms with Gasteiger partial charge in [-0.05, 0) is 13.0 Å². The molecule has 104 valence electrons. The smallest absolute Gasteiger partial charge is 0.370 e. The molecule has 8 heteroatoms. The van der Waals surface area contributed by atoms with Gasteiger partial charge in [0.1, 0.15) is 23.6 Å². The third kappa shape index (κ3) is 4.03. The second-order valence-electron chi connectivity index (χ2n) is 3.89. The van der Waals surface area contributed by atoms with Crippen LogP contribution in [0.3, 0.4) is 0 Å². The molecule has 2 rings (SSSR count). The fourth-order valence-corrected chi connectivity index (χ4v) is 2.39. The van der Waals surface area contributed by atoms with Crippen molar-refractivity contribution >= 4 is 27.4 Å². The number of alkyl halides is 3. The number of aryl methyl sites for hydroxylation is 1. The maximum absolute atomic E-state index is 11.9. The Kier molecular flexibility index (Phi) is 4.20. The highest BCUT2D eigenvalue weighted by Gasteiger charge is 2.27. The molecule has 0 amide bonds. The first kappa shape index (κ1) is 14.0. The van der Waals surface area contributed by atoms with E-state index in [4.69, 9.17) is 0 Å². The van der Waals surface area contributed by atoms with Gasteiger partial charge in [-0.15, -0.1) is 11.3 Å². The largest absolute Gasteiger partial charge is 0.411 e. The number of nitrogens with zero attached hydrogens (tertiary/aromatic N) is 2. The van der Waals surface area contributed by atoms with Crippen LogP contribution >= 0.6 is 11.3 Å². The normalized spacial score (nSPS) is 12.0. The first-order chi connectivity index (χ1) is 8.96. The molecule has 4 nitrogen and oxygen atoms in total. The predicted molar refractivity (Wildman–Crippen MR) is 67.5 cm³/mol. The minimum atomic E-state index is -4.29. The van der Waals surface area contributed by atoms with E-state index in [0.717, 1.165) is 15.1 Å². The summed E-state index contributed by atoms with van der Waals surface area (Å²) in [6.45, 7) is 0.958. The van der Waals surface area contributed by atoms with Crippen molar-refractivity contribution in [2.24, 2.45) is 0 Å². The molecule has 0 saturated carbocycles. The van der Waals surface area contributed by atoms with Crippen LogP contribution in [0.2, 0.25) is 0 Å². The Bertz CT molecular complexity index is 556. The Morgan fingerprint density at radius 1 is 1.37 bits per heavy atom. The molecule has 0 aliphatic rings. The topological polar surface area (TPSA) is 47.0 Å². The highest BCUT2D eigenvalue weighted by Crippen LogP contribution is 2.27. The van der Waals surface area contributed by atoms with E-state index in [1.165, 1.54) is 6.33 Å². The van der Waals surface area contributed by atoms with Crippen molar-refractivity contribution in [3.05, 3.63) is 17.3 Å². The van der Waals surface area contributed by atoms with Gasteiger partial charge in [0.15, 0.2) is 0 Å². The van der Waals surface area contributed by atoms with E-state index in [0.29, 0.717) is 5.82 Å². The van der Waals surface area contributed by atoms with Crippen molar-refractivity contribution in [2.75, 3.05) is 25.1 Å². The summed E-state index contributed by atoms with van der Waals surface area (Å²) in [4.78, 5) is 10.2. The highest BCUT2D eigenvalue weighted by atomic mass is 32.1. The average Bonchev–Trinajstić information content (AvgIpc) is 2.68. The van der Waals surface area contributed by atoms with Crippen molar-refractivity contribution in [1.82, 2.24) is 9.97 Å². The minimum absolute atomic E-state index is 0.0336. The zero-order chi connectivity index (χ0) is 13.9. The van der Waals surface area contributed by atoms with Crippen LogP contribution in [0.5, 0.6) is 0 Å². The number of ether oxygens (including phenoxy) is 1. The second kappa shape index (κ2) is 5.70. The summed E-state index contributed by atoms with van der Waals surface area (Å²) in [5.41, 5.74) is 0. The molecule has 0 aromatic carbocycles. The van der Waals surface area contributed by atoms with Gasteiger partial charge < -0.3 is 10.1 Å². The Morgan fingerprint density at radius 2 is 2.16 bits per heavy atom. The second-order valence-corrected chi connectivity index (χ2v) is 5.13. The molecule has 0 saturated heterocycles. The lowest BCUT2D eigenvalue weighted by atomic mass is 10.3. The molecule has 0 fully saturated rings. The van der Waals surface area contributed by atoms with Crippen LogP contribution in [0, 0.1) is 6.92 Å². The van der Waals surface area contributed by atoms with Gasteiger partial charge in [0.05, 0.1) is 12.0 Å². The number of nitrogens with one attached hydrogen (secondary N) is 1. The van der Waals surface area contributed by atoms with Gasteiger partial charge in [-0.2, -0.15) is 13.2 Å². The molecule has 0 spiro atoms. The fraction of sp³-hybridized carbons (Fsp3) is 0.455. The summed E-state index contributed by atoms with van der Waals surface area (Å²) >= 11 is 1.54. The van der Waals surface area contributed by atoms with Crippen molar-refractivity contribution in [3.63, 3.8) is 0 Å². The van der Waals surface area contributed by atoms with E-state index >= 15 is 0 Å². The van der Waals surface area contributed by atoms with E-state index < -0.39 is 12.8 Å². The summed E-state index contributed by atoms with van der Waals surface area (Å²) in [6.07, 6.45) is -2.86. The molecule has 19 heavy (non-hydrogen) atoms. The van der Waals surface area contributed by atoms with Crippen molar-refractivity contribution in [1.29, 1.82) is 0 Å². The summed E-state index contributed by atoms with van der Waals surface area (Å²) < 4.78 is 40.1. The molecule has 0 atom stereocenters. The Labute approximate surface area is 111 Å². The molecule has 0 aliphatic heterocycles. The average molecular weight is 291 g/mol. The highest BCUT2D eigenvalue weighted by molar-refractivity contribution is 7.18. The van der Waals surface area contributed by atoms with Crippen LogP contribution in [0.1, 0.15) is 4.88 Å². The number of fused-ring (bicyclic) bond motifs is 1. The third-order valence-electron chi connectivity index (χ3n) is 2.26. The monoisotopic (exact) mass is 291 g/mol. The van der Waals surface area contributed by atoms with Crippen molar-refractivity contribution in [3.8, 4) is 0 Å². The van der Waals surface area contributed by atoms with Crippen molar-refractivity contribution in [2.45, 2.75) is 13.1 Å². The van der Waals surface area contributed by atoms with Crippen LogP contribution in [0.15, 0.2) is 12.4 Å². The van der Waals surface area contributed by atoms with Crippen LogP contribution < -0.4 is 5.32 Å². The van der Waals surface area contributed by atoms with Crippen LogP contribution in [0.25, 0.3) is 10.2 Å². The lowest BCUT2D eigenvalue weighted by molar-refractivity contribution is -0.172. The zero-order valence-corrected chi connectivity index (χ0v) is 10.9. The number of rotatable bonds is 5. The molecule has 2 aromatic heterocycles. The van der Waals surface area contributed by atoms with Gasteiger partial charge in [-0.1, -0.05) is 0 Å². The Balaban J connectivity index is 1.88. The summed E-state index contributed by atoms with van der Waals surface area (Å²) in [5, 5.41) is 3.83. The molecule has 2 heterocycles. The van der Waals surface area contributed by atoms with Gasteiger partial charge in [-0.3, -0.25) is 0 Å². The summed E-state index contributed by atoms with van der Waals surface area (Å²) in [7, 11) is 0. The lowest BCUT2D eigenvalue weighted by Gasteiger charge is -2.09. The van der Waals surface area contributed by atoms with E-state index in [1.807, 2.05) is 13.0 Å². The first-order valence-electron chi connectivity index (χ1n) is 5.55. The van der Waals surface area contributed by atoms with Gasteiger partial charge >= 0.3 is 6.18 Å². The minimum Gasteiger partial charge on any atom is -0.370 e. The molecule has 1 N–H and O–H groups in total. The van der Waals surface area contributed by atoms with E-state index in [1.54, 1.807) is 11.3 Å². The van der Waals surface area contributed by atoms with Gasteiger partial charge in [-0.25, -0.2) is 9.97 Å². The number of hydrogen-bond acceptors (Lipinski definition) is 5. The SMILES string of the molecule is Cc1cc2c(NCCOCC(F)(F)F)ncnc2s1. The number of hydrogen-bond donors (Lipinski definition) is 1. The third-order valence-corrected chi connectivity index (χ3v) is 3.22. The van der Waals surface area contributed by atoms with Gasteiger partial charge in [0.25, 0.3) is 0 Å². The molecule has 0 bridgehead atoms. The van der Waals surface area contributed by atoms with Gasteiger partial charge in [0, 0.05) is 11.4 Å². The van der Waals surface area contributed by atoms with E-state index in [-0.39, 0.29) is 13.2 Å². The molecule has 0 unspecified atom stereocenters. The Morgan fingerprint density at radius 3 is 2.89 bits per heavy atom. The zero-order valence-electron chi connectivity index (χ0n) is 10.1. The standard InChI is InChI=1S/C11H12F3N3OS/c1-7-4-8-9(16-6-17-10(8)19-7)15-2-3-18-5-11(12,13)14/h4,6H,2-3,5H2,1H3,(H,15,16,17). The van der Waals surface area contributed by atoms with E-state index in [2.05, 4.69) is 20.0 Å². The fourth-order valence-electron chi connectivity index (χ4n) is 1.55. The van der Waals surface area contributed by atoms with E-state index in [9.17, 15) is 13.2 Å². The van der Waals surface area contributed by atoms with Crippen LogP contribution in [-0.2, 0) is 4.74 Å². The quantitative estimate of drug-likeness (QED) is 0.860. The first-order valence-corrected chi connectivity index (χ1v) is 6.37. The van der Waals surface area contributed by atoms with Crippen LogP contribution in [-0.4, -0.2) is 35.9 Å². The maximum atomic E-state index is 11.9. The van der Waals surface area contributed by atoms with Gasteiger partial charge in [0.2, 0.25) is 0 Å².